The van der Waals surface area contributed by atoms with Crippen LogP contribution in [-0.2, 0) is 16.6 Å². The van der Waals surface area contributed by atoms with E-state index < -0.39 is 10.0 Å². The molecule has 2 heterocycles. The monoisotopic (exact) mass is 303 g/mol. The van der Waals surface area contributed by atoms with Gasteiger partial charge in [-0.1, -0.05) is 13.3 Å². The second kappa shape index (κ2) is 5.91. The van der Waals surface area contributed by atoms with Gasteiger partial charge in [-0.25, -0.2) is 8.42 Å². The molecule has 1 aromatic heterocycles. The molecule has 108 valence electrons. The average Bonchev–Trinajstić information content (AvgIpc) is 2.81. The lowest BCUT2D eigenvalue weighted by molar-refractivity contribution is 0.261. The Bertz CT molecular complexity index is 536. The number of aryl methyl sites for hydroxylation is 1. The Balaban J connectivity index is 2.28. The highest BCUT2D eigenvalue weighted by atomic mass is 32.2. The average molecular weight is 303 g/mol. The minimum absolute atomic E-state index is 0.0986. The number of hydrogen-bond donors (Lipinski definition) is 1. The van der Waals surface area contributed by atoms with Crippen LogP contribution in [0.2, 0.25) is 0 Å². The van der Waals surface area contributed by atoms with Gasteiger partial charge in [-0.05, 0) is 31.7 Å². The Morgan fingerprint density at radius 3 is 2.84 bits per heavy atom. The first kappa shape index (κ1) is 15.0. The largest absolute Gasteiger partial charge is 0.391 e. The van der Waals surface area contributed by atoms with E-state index in [0.29, 0.717) is 28.8 Å². The SMILES string of the molecule is CCC1CCCN(S(=O)(=O)c2cc(CO)sc2C)C1. The molecule has 4 nitrogen and oxygen atoms in total. The molecule has 2 rings (SSSR count). The predicted octanol–water partition coefficient (Wildman–Crippen LogP) is 2.36. The molecule has 1 atom stereocenters. The molecule has 0 bridgehead atoms. The maximum absolute atomic E-state index is 12.6. The van der Waals surface area contributed by atoms with Crippen LogP contribution in [0, 0.1) is 12.8 Å². The molecule has 1 aliphatic heterocycles. The summed E-state index contributed by atoms with van der Waals surface area (Å²) in [5.74, 6) is 0.472. The number of thiophene rings is 1. The molecule has 1 aliphatic rings. The van der Waals surface area contributed by atoms with Crippen LogP contribution in [0.5, 0.6) is 0 Å². The van der Waals surface area contributed by atoms with E-state index in [9.17, 15) is 8.42 Å². The highest BCUT2D eigenvalue weighted by Gasteiger charge is 2.31. The number of aliphatic hydroxyl groups excluding tert-OH is 1. The molecule has 0 spiro atoms. The van der Waals surface area contributed by atoms with Gasteiger partial charge in [0.15, 0.2) is 0 Å². The zero-order valence-corrected chi connectivity index (χ0v) is 13.1. The van der Waals surface area contributed by atoms with Crippen LogP contribution in [0.4, 0.5) is 0 Å². The Labute approximate surface area is 119 Å². The fourth-order valence-corrected chi connectivity index (χ4v) is 5.59. The normalized spacial score (nSPS) is 21.7. The predicted molar refractivity (Wildman–Crippen MR) is 76.8 cm³/mol. The third kappa shape index (κ3) is 3.02. The third-order valence-corrected chi connectivity index (χ3v) is 6.91. The summed E-state index contributed by atoms with van der Waals surface area (Å²) in [7, 11) is -3.39. The Kier molecular flexibility index (Phi) is 4.66. The lowest BCUT2D eigenvalue weighted by atomic mass is 9.97. The van der Waals surface area contributed by atoms with E-state index in [0.717, 1.165) is 24.1 Å². The number of sulfonamides is 1. The van der Waals surface area contributed by atoms with E-state index in [1.807, 2.05) is 0 Å². The van der Waals surface area contributed by atoms with Crippen LogP contribution in [-0.4, -0.2) is 30.9 Å². The van der Waals surface area contributed by atoms with Crippen LogP contribution in [0.15, 0.2) is 11.0 Å². The van der Waals surface area contributed by atoms with E-state index >= 15 is 0 Å². The van der Waals surface area contributed by atoms with Crippen molar-refractivity contribution < 1.29 is 13.5 Å². The quantitative estimate of drug-likeness (QED) is 0.929. The minimum atomic E-state index is -3.39. The van der Waals surface area contributed by atoms with Crippen LogP contribution >= 0.6 is 11.3 Å². The summed E-state index contributed by atoms with van der Waals surface area (Å²) in [5, 5.41) is 9.13. The Morgan fingerprint density at radius 2 is 2.26 bits per heavy atom. The van der Waals surface area contributed by atoms with Gasteiger partial charge in [0.1, 0.15) is 0 Å². The topological polar surface area (TPSA) is 57.6 Å². The van der Waals surface area contributed by atoms with Crippen LogP contribution in [0.1, 0.15) is 35.9 Å². The van der Waals surface area contributed by atoms with Gasteiger partial charge in [0.25, 0.3) is 0 Å². The summed E-state index contributed by atoms with van der Waals surface area (Å²) in [6.45, 7) is 5.06. The second-order valence-corrected chi connectivity index (χ2v) is 8.32. The van der Waals surface area contributed by atoms with Gasteiger partial charge in [0, 0.05) is 22.8 Å². The molecule has 0 saturated carbocycles. The van der Waals surface area contributed by atoms with Crippen molar-refractivity contribution in [1.82, 2.24) is 4.31 Å². The fourth-order valence-electron chi connectivity index (χ4n) is 2.58. The Hall–Kier alpha value is -0.430. The van der Waals surface area contributed by atoms with Crippen molar-refractivity contribution in [2.24, 2.45) is 5.92 Å². The number of hydrogen-bond acceptors (Lipinski definition) is 4. The molecule has 0 aromatic carbocycles. The maximum atomic E-state index is 12.6. The summed E-state index contributed by atoms with van der Waals surface area (Å²) in [5.41, 5.74) is 0. The van der Waals surface area contributed by atoms with Crippen molar-refractivity contribution in [3.63, 3.8) is 0 Å². The molecule has 1 N–H and O–H groups in total. The summed E-state index contributed by atoms with van der Waals surface area (Å²) in [4.78, 5) is 1.85. The molecule has 6 heteroatoms. The molecule has 0 amide bonds. The number of aliphatic hydroxyl groups is 1. The van der Waals surface area contributed by atoms with Gasteiger partial charge in [-0.15, -0.1) is 11.3 Å². The minimum Gasteiger partial charge on any atom is -0.391 e. The molecular formula is C13H21NO3S2. The summed E-state index contributed by atoms with van der Waals surface area (Å²) in [6.07, 6.45) is 3.08. The van der Waals surface area contributed by atoms with Crippen molar-refractivity contribution >= 4 is 21.4 Å². The molecule has 1 fully saturated rings. The van der Waals surface area contributed by atoms with E-state index in [-0.39, 0.29) is 6.61 Å². The van der Waals surface area contributed by atoms with E-state index in [1.165, 1.54) is 11.3 Å². The second-order valence-electron chi connectivity index (χ2n) is 5.07. The smallest absolute Gasteiger partial charge is 0.244 e. The van der Waals surface area contributed by atoms with Gasteiger partial charge in [-0.2, -0.15) is 4.31 Å². The van der Waals surface area contributed by atoms with Crippen molar-refractivity contribution in [2.45, 2.75) is 44.6 Å². The van der Waals surface area contributed by atoms with E-state index in [2.05, 4.69) is 6.92 Å². The molecule has 1 saturated heterocycles. The summed E-state index contributed by atoms with van der Waals surface area (Å²) < 4.78 is 26.9. The first-order valence-corrected chi connectivity index (χ1v) is 8.95. The third-order valence-electron chi connectivity index (χ3n) is 3.76. The lowest BCUT2D eigenvalue weighted by Gasteiger charge is -2.31. The first-order chi connectivity index (χ1) is 8.98. The zero-order valence-electron chi connectivity index (χ0n) is 11.4. The van der Waals surface area contributed by atoms with Crippen LogP contribution in [0.25, 0.3) is 0 Å². The van der Waals surface area contributed by atoms with Gasteiger partial charge in [-0.3, -0.25) is 0 Å². The number of nitrogens with zero attached hydrogens (tertiary/aromatic N) is 1. The van der Waals surface area contributed by atoms with Crippen molar-refractivity contribution in [3.8, 4) is 0 Å². The first-order valence-electron chi connectivity index (χ1n) is 6.69. The maximum Gasteiger partial charge on any atom is 0.244 e. The Morgan fingerprint density at radius 1 is 1.53 bits per heavy atom. The van der Waals surface area contributed by atoms with Gasteiger partial charge in [0.2, 0.25) is 10.0 Å². The number of piperidine rings is 1. The van der Waals surface area contributed by atoms with Gasteiger partial charge < -0.3 is 5.11 Å². The van der Waals surface area contributed by atoms with Crippen LogP contribution < -0.4 is 0 Å². The fraction of sp³-hybridized carbons (Fsp3) is 0.692. The van der Waals surface area contributed by atoms with Crippen molar-refractivity contribution in [1.29, 1.82) is 0 Å². The highest BCUT2D eigenvalue weighted by molar-refractivity contribution is 7.89. The molecule has 19 heavy (non-hydrogen) atoms. The van der Waals surface area contributed by atoms with Crippen molar-refractivity contribution in [2.75, 3.05) is 13.1 Å². The lowest BCUT2D eigenvalue weighted by Crippen LogP contribution is -2.39. The summed E-state index contributed by atoms with van der Waals surface area (Å²) >= 11 is 1.36. The van der Waals surface area contributed by atoms with E-state index in [1.54, 1.807) is 17.3 Å². The molecule has 0 radical (unpaired) electrons. The van der Waals surface area contributed by atoms with E-state index in [4.69, 9.17) is 5.11 Å². The van der Waals surface area contributed by atoms with Gasteiger partial charge >= 0.3 is 0 Å². The summed E-state index contributed by atoms with van der Waals surface area (Å²) in [6, 6.07) is 1.62. The molecular weight excluding hydrogens is 282 g/mol. The molecule has 1 unspecified atom stereocenters. The van der Waals surface area contributed by atoms with Crippen molar-refractivity contribution in [3.05, 3.63) is 15.8 Å². The van der Waals surface area contributed by atoms with Crippen LogP contribution in [0.3, 0.4) is 0 Å². The molecule has 0 aliphatic carbocycles. The molecule has 1 aromatic rings. The standard InChI is InChI=1S/C13H21NO3S2/c1-3-11-5-4-6-14(8-11)19(16,17)13-7-12(9-15)18-10(13)2/h7,11,15H,3-6,8-9H2,1-2H3. The number of rotatable bonds is 4. The zero-order chi connectivity index (χ0) is 14.0. The highest BCUT2D eigenvalue weighted by Crippen LogP contribution is 2.31. The van der Waals surface area contributed by atoms with Gasteiger partial charge in [0.05, 0.1) is 11.5 Å².